The van der Waals surface area contributed by atoms with Crippen molar-refractivity contribution in [1.82, 2.24) is 4.90 Å². The highest BCUT2D eigenvalue weighted by Gasteiger charge is 2.26. The van der Waals surface area contributed by atoms with Crippen molar-refractivity contribution in [3.05, 3.63) is 51.2 Å². The molecular weight excluding hydrogens is 304 g/mol. The topological polar surface area (TPSA) is 32.3 Å². The highest BCUT2D eigenvalue weighted by molar-refractivity contribution is 7.10. The maximum Gasteiger partial charge on any atom is 0.238 e. The fourth-order valence-corrected chi connectivity index (χ4v) is 4.31. The van der Waals surface area contributed by atoms with Crippen LogP contribution in [0.1, 0.15) is 41.5 Å². The molecule has 1 N–H and O–H groups in total. The quantitative estimate of drug-likeness (QED) is 0.913. The van der Waals surface area contributed by atoms with Gasteiger partial charge in [-0.05, 0) is 54.8 Å². The molecule has 1 aliphatic rings. The molecule has 3 rings (SSSR count). The standard InChI is InChI=1S/C19H24N2OS/c1-4-15-7-5-6-13(2)19(15)20-18(22)12-21-10-8-17-16(14(21)3)9-11-23-17/h5-7,9,11,14H,4,8,10,12H2,1-3H3,(H,20,22). The number of nitrogens with zero attached hydrogens (tertiary/aromatic N) is 1. The molecule has 1 amide bonds. The second kappa shape index (κ2) is 6.85. The molecule has 0 aliphatic carbocycles. The lowest BCUT2D eigenvalue weighted by Crippen LogP contribution is -2.39. The number of nitrogens with one attached hydrogen (secondary N) is 1. The Labute approximate surface area is 142 Å². The van der Waals surface area contributed by atoms with E-state index in [1.165, 1.54) is 16.0 Å². The molecule has 1 aliphatic heterocycles. The van der Waals surface area contributed by atoms with Gasteiger partial charge in [-0.25, -0.2) is 0 Å². The summed E-state index contributed by atoms with van der Waals surface area (Å²) in [7, 11) is 0. The second-order valence-corrected chi connectivity index (χ2v) is 7.21. The van der Waals surface area contributed by atoms with E-state index in [1.807, 2.05) is 11.3 Å². The van der Waals surface area contributed by atoms with E-state index in [0.29, 0.717) is 12.6 Å². The predicted molar refractivity (Wildman–Crippen MR) is 97.2 cm³/mol. The first-order chi connectivity index (χ1) is 11.1. The summed E-state index contributed by atoms with van der Waals surface area (Å²) in [5, 5.41) is 5.30. The Kier molecular flexibility index (Phi) is 4.83. The van der Waals surface area contributed by atoms with Gasteiger partial charge in [0.2, 0.25) is 5.91 Å². The highest BCUT2D eigenvalue weighted by Crippen LogP contribution is 2.32. The molecule has 0 saturated carbocycles. The van der Waals surface area contributed by atoms with Gasteiger partial charge < -0.3 is 5.32 Å². The van der Waals surface area contributed by atoms with Gasteiger partial charge in [-0.3, -0.25) is 9.69 Å². The van der Waals surface area contributed by atoms with Gasteiger partial charge in [-0.15, -0.1) is 11.3 Å². The Morgan fingerprint density at radius 3 is 3.00 bits per heavy atom. The minimum atomic E-state index is 0.0829. The van der Waals surface area contributed by atoms with Crippen molar-refractivity contribution in [2.45, 2.75) is 39.7 Å². The number of rotatable bonds is 4. The van der Waals surface area contributed by atoms with Crippen LogP contribution in [0.5, 0.6) is 0 Å². The summed E-state index contributed by atoms with van der Waals surface area (Å²) in [5.74, 6) is 0.0829. The zero-order valence-corrected chi connectivity index (χ0v) is 14.9. The molecule has 3 nitrogen and oxygen atoms in total. The average molecular weight is 328 g/mol. The zero-order valence-electron chi connectivity index (χ0n) is 14.1. The number of amides is 1. The summed E-state index contributed by atoms with van der Waals surface area (Å²) in [6, 6.07) is 8.71. The SMILES string of the molecule is CCc1cccc(C)c1NC(=O)CN1CCc2sccc2C1C. The fraction of sp³-hybridized carbons (Fsp3) is 0.421. The van der Waals surface area contributed by atoms with E-state index in [-0.39, 0.29) is 5.91 Å². The molecule has 0 bridgehead atoms. The van der Waals surface area contributed by atoms with E-state index < -0.39 is 0 Å². The highest BCUT2D eigenvalue weighted by atomic mass is 32.1. The van der Waals surface area contributed by atoms with Crippen molar-refractivity contribution in [3.63, 3.8) is 0 Å². The number of fused-ring (bicyclic) bond motifs is 1. The second-order valence-electron chi connectivity index (χ2n) is 6.21. The molecule has 1 atom stereocenters. The summed E-state index contributed by atoms with van der Waals surface area (Å²) < 4.78 is 0. The minimum absolute atomic E-state index is 0.0829. The van der Waals surface area contributed by atoms with Crippen LogP contribution in [0, 0.1) is 6.92 Å². The monoisotopic (exact) mass is 328 g/mol. The number of anilines is 1. The van der Waals surface area contributed by atoms with Gasteiger partial charge >= 0.3 is 0 Å². The lowest BCUT2D eigenvalue weighted by atomic mass is 10.0. The normalized spacial score (nSPS) is 17.8. The molecule has 0 radical (unpaired) electrons. The van der Waals surface area contributed by atoms with Gasteiger partial charge in [0, 0.05) is 23.2 Å². The number of hydrogen-bond donors (Lipinski definition) is 1. The Morgan fingerprint density at radius 2 is 2.22 bits per heavy atom. The first kappa shape index (κ1) is 16.2. The van der Waals surface area contributed by atoms with E-state index in [9.17, 15) is 4.79 Å². The third kappa shape index (κ3) is 3.33. The van der Waals surface area contributed by atoms with Crippen molar-refractivity contribution in [2.75, 3.05) is 18.4 Å². The van der Waals surface area contributed by atoms with Crippen molar-refractivity contribution in [1.29, 1.82) is 0 Å². The van der Waals surface area contributed by atoms with Crippen LogP contribution in [0.15, 0.2) is 29.6 Å². The van der Waals surface area contributed by atoms with E-state index >= 15 is 0 Å². The van der Waals surface area contributed by atoms with Gasteiger partial charge in [0.05, 0.1) is 6.54 Å². The van der Waals surface area contributed by atoms with E-state index in [1.54, 1.807) is 0 Å². The maximum absolute atomic E-state index is 12.5. The van der Waals surface area contributed by atoms with E-state index in [0.717, 1.165) is 30.6 Å². The predicted octanol–water partition coefficient (Wildman–Crippen LogP) is 4.18. The van der Waals surface area contributed by atoms with Gasteiger partial charge in [0.15, 0.2) is 0 Å². The maximum atomic E-state index is 12.5. The average Bonchev–Trinajstić information content (AvgIpc) is 3.01. The summed E-state index contributed by atoms with van der Waals surface area (Å²) >= 11 is 1.83. The Bertz CT molecular complexity index is 707. The van der Waals surface area contributed by atoms with Crippen molar-refractivity contribution in [3.8, 4) is 0 Å². The van der Waals surface area contributed by atoms with Gasteiger partial charge in [-0.1, -0.05) is 25.1 Å². The van der Waals surface area contributed by atoms with Gasteiger partial charge in [0.25, 0.3) is 0 Å². The molecule has 1 aromatic heterocycles. The Balaban J connectivity index is 1.69. The third-order valence-corrected chi connectivity index (χ3v) is 5.75. The van der Waals surface area contributed by atoms with Crippen molar-refractivity contribution in [2.24, 2.45) is 0 Å². The summed E-state index contributed by atoms with van der Waals surface area (Å²) in [4.78, 5) is 16.3. The molecule has 0 saturated heterocycles. The zero-order chi connectivity index (χ0) is 16.4. The van der Waals surface area contributed by atoms with Crippen LogP contribution >= 0.6 is 11.3 Å². The largest absolute Gasteiger partial charge is 0.324 e. The first-order valence-electron chi connectivity index (χ1n) is 8.28. The Hall–Kier alpha value is -1.65. The number of aryl methyl sites for hydroxylation is 2. The van der Waals surface area contributed by atoms with Crippen molar-refractivity contribution >= 4 is 22.9 Å². The van der Waals surface area contributed by atoms with Crippen LogP contribution in [0.25, 0.3) is 0 Å². The molecule has 2 aromatic rings. The van der Waals surface area contributed by atoms with Crippen LogP contribution in [0.2, 0.25) is 0 Å². The summed E-state index contributed by atoms with van der Waals surface area (Å²) in [6.07, 6.45) is 1.98. The van der Waals surface area contributed by atoms with Crippen LogP contribution in [-0.2, 0) is 17.6 Å². The lowest BCUT2D eigenvalue weighted by molar-refractivity contribution is -0.117. The number of para-hydroxylation sites is 1. The van der Waals surface area contributed by atoms with Gasteiger partial charge in [0.1, 0.15) is 0 Å². The summed E-state index contributed by atoms with van der Waals surface area (Å²) in [6.45, 7) is 7.78. The molecule has 23 heavy (non-hydrogen) atoms. The number of hydrogen-bond acceptors (Lipinski definition) is 3. The number of carbonyl (C=O) groups is 1. The van der Waals surface area contributed by atoms with Crippen LogP contribution in [0.4, 0.5) is 5.69 Å². The molecule has 1 unspecified atom stereocenters. The Morgan fingerprint density at radius 1 is 1.39 bits per heavy atom. The summed E-state index contributed by atoms with van der Waals surface area (Å²) in [5.41, 5.74) is 4.70. The lowest BCUT2D eigenvalue weighted by Gasteiger charge is -2.33. The molecule has 0 fully saturated rings. The van der Waals surface area contributed by atoms with Crippen LogP contribution in [-0.4, -0.2) is 23.9 Å². The van der Waals surface area contributed by atoms with Crippen LogP contribution in [0.3, 0.4) is 0 Å². The molecule has 0 spiro atoms. The van der Waals surface area contributed by atoms with Gasteiger partial charge in [-0.2, -0.15) is 0 Å². The van der Waals surface area contributed by atoms with E-state index in [2.05, 4.69) is 60.6 Å². The third-order valence-electron chi connectivity index (χ3n) is 4.75. The van der Waals surface area contributed by atoms with E-state index in [4.69, 9.17) is 0 Å². The molecule has 122 valence electrons. The number of benzene rings is 1. The first-order valence-corrected chi connectivity index (χ1v) is 9.16. The molecular formula is C19H24N2OS. The van der Waals surface area contributed by atoms with Crippen LogP contribution < -0.4 is 5.32 Å². The molecule has 4 heteroatoms. The smallest absolute Gasteiger partial charge is 0.238 e. The molecule has 2 heterocycles. The number of thiophene rings is 1. The fourth-order valence-electron chi connectivity index (χ4n) is 3.34. The molecule has 1 aromatic carbocycles. The number of carbonyl (C=O) groups excluding carboxylic acids is 1. The van der Waals surface area contributed by atoms with Crippen molar-refractivity contribution < 1.29 is 4.79 Å². The minimum Gasteiger partial charge on any atom is -0.324 e.